The average Bonchev–Trinajstić information content (AvgIpc) is 3.06. The van der Waals surface area contributed by atoms with Crippen molar-refractivity contribution in [1.82, 2.24) is 10.2 Å². The lowest BCUT2D eigenvalue weighted by molar-refractivity contribution is 0.0685. The molecule has 2 aliphatic heterocycles. The predicted octanol–water partition coefficient (Wildman–Crippen LogP) is 3.83. The van der Waals surface area contributed by atoms with Crippen molar-refractivity contribution in [2.45, 2.75) is 38.3 Å². The Balaban J connectivity index is 1.64. The summed E-state index contributed by atoms with van der Waals surface area (Å²) in [6.07, 6.45) is 3.25. The van der Waals surface area contributed by atoms with E-state index in [2.05, 4.69) is 10.2 Å². The van der Waals surface area contributed by atoms with Crippen LogP contribution in [0.3, 0.4) is 0 Å². The Labute approximate surface area is 145 Å². The third kappa shape index (κ3) is 2.76. The monoisotopic (exact) mass is 344 g/mol. The summed E-state index contributed by atoms with van der Waals surface area (Å²) in [4.78, 5) is 17.1. The largest absolute Gasteiger partial charge is 0.331 e. The Hall–Kier alpha value is -1.72. The number of aryl methyl sites for hydroxylation is 1. The first kappa shape index (κ1) is 15.8. The van der Waals surface area contributed by atoms with Gasteiger partial charge in [-0.25, -0.2) is 4.39 Å². The zero-order valence-electron chi connectivity index (χ0n) is 13.7. The molecule has 3 heterocycles. The molecule has 1 aromatic carbocycles. The molecule has 1 amide bonds. The Morgan fingerprint density at radius 1 is 1.21 bits per heavy atom. The number of carbonyl (C=O) groups excluding carboxylic acids is 1. The fourth-order valence-corrected chi connectivity index (χ4v) is 5.04. The second-order valence-electron chi connectivity index (χ2n) is 6.72. The van der Waals surface area contributed by atoms with Gasteiger partial charge in [0.15, 0.2) is 0 Å². The van der Waals surface area contributed by atoms with Gasteiger partial charge in [-0.1, -0.05) is 12.1 Å². The molecule has 2 bridgehead atoms. The van der Waals surface area contributed by atoms with Gasteiger partial charge in [0.25, 0.3) is 5.91 Å². The molecule has 5 heteroatoms. The molecule has 2 atom stereocenters. The normalized spacial score (nSPS) is 23.3. The fourth-order valence-electron chi connectivity index (χ4n) is 3.92. The quantitative estimate of drug-likeness (QED) is 0.898. The maximum atomic E-state index is 13.1. The lowest BCUT2D eigenvalue weighted by atomic mass is 10.1. The van der Waals surface area contributed by atoms with Gasteiger partial charge < -0.3 is 10.2 Å². The van der Waals surface area contributed by atoms with Crippen LogP contribution in [0.1, 0.15) is 34.5 Å². The number of benzene rings is 1. The molecule has 2 fully saturated rings. The summed E-state index contributed by atoms with van der Waals surface area (Å²) in [5.41, 5.74) is 2.05. The van der Waals surface area contributed by atoms with Gasteiger partial charge in [-0.2, -0.15) is 0 Å². The number of halogens is 1. The van der Waals surface area contributed by atoms with Gasteiger partial charge in [-0.05, 0) is 62.1 Å². The van der Waals surface area contributed by atoms with Crippen LogP contribution >= 0.6 is 11.3 Å². The summed E-state index contributed by atoms with van der Waals surface area (Å²) in [6.45, 7) is 3.91. The van der Waals surface area contributed by atoms with Gasteiger partial charge in [0.1, 0.15) is 5.82 Å². The van der Waals surface area contributed by atoms with Crippen LogP contribution in [0.5, 0.6) is 0 Å². The third-order valence-corrected chi connectivity index (χ3v) is 6.40. The summed E-state index contributed by atoms with van der Waals surface area (Å²) < 4.78 is 13.1. The summed E-state index contributed by atoms with van der Waals surface area (Å²) in [5.74, 6) is -0.0782. The minimum absolute atomic E-state index is 0.160. The predicted molar refractivity (Wildman–Crippen MR) is 94.9 cm³/mol. The highest BCUT2D eigenvalue weighted by molar-refractivity contribution is 7.17. The number of thiophene rings is 1. The van der Waals surface area contributed by atoms with Crippen LogP contribution in [0.4, 0.5) is 4.39 Å². The van der Waals surface area contributed by atoms with E-state index in [9.17, 15) is 9.18 Å². The number of hydrogen-bond acceptors (Lipinski definition) is 3. The van der Waals surface area contributed by atoms with Crippen molar-refractivity contribution in [3.63, 3.8) is 0 Å². The van der Waals surface area contributed by atoms with Crippen LogP contribution in [0, 0.1) is 12.7 Å². The zero-order valence-corrected chi connectivity index (χ0v) is 14.5. The molecular formula is C19H21FN2OS. The SMILES string of the molecule is Cc1cc(C(=O)N2C3CCNCC2CC3)sc1-c1ccc(F)cc1. The topological polar surface area (TPSA) is 32.3 Å². The van der Waals surface area contributed by atoms with Gasteiger partial charge in [-0.15, -0.1) is 11.3 Å². The zero-order chi connectivity index (χ0) is 16.7. The van der Waals surface area contributed by atoms with Crippen LogP contribution in [0.2, 0.25) is 0 Å². The Bertz CT molecular complexity index is 741. The van der Waals surface area contributed by atoms with Crippen molar-refractivity contribution in [3.05, 3.63) is 46.6 Å². The van der Waals surface area contributed by atoms with E-state index in [0.29, 0.717) is 12.1 Å². The van der Waals surface area contributed by atoms with E-state index in [0.717, 1.165) is 53.2 Å². The molecule has 0 saturated carbocycles. The summed E-state index contributed by atoms with van der Waals surface area (Å²) in [7, 11) is 0. The summed E-state index contributed by atoms with van der Waals surface area (Å²) in [5, 5.41) is 3.44. The Morgan fingerprint density at radius 3 is 2.75 bits per heavy atom. The number of rotatable bonds is 2. The maximum absolute atomic E-state index is 13.1. The fraction of sp³-hybridized carbons (Fsp3) is 0.421. The smallest absolute Gasteiger partial charge is 0.264 e. The van der Waals surface area contributed by atoms with Crippen LogP contribution in [-0.4, -0.2) is 36.0 Å². The van der Waals surface area contributed by atoms with Crippen molar-refractivity contribution in [2.24, 2.45) is 0 Å². The van der Waals surface area contributed by atoms with Gasteiger partial charge in [-0.3, -0.25) is 4.79 Å². The second-order valence-corrected chi connectivity index (χ2v) is 7.77. The van der Waals surface area contributed by atoms with E-state index >= 15 is 0 Å². The van der Waals surface area contributed by atoms with Crippen LogP contribution < -0.4 is 5.32 Å². The maximum Gasteiger partial charge on any atom is 0.264 e. The van der Waals surface area contributed by atoms with E-state index < -0.39 is 0 Å². The molecule has 0 spiro atoms. The molecule has 126 valence electrons. The van der Waals surface area contributed by atoms with Crippen molar-refractivity contribution < 1.29 is 9.18 Å². The van der Waals surface area contributed by atoms with E-state index in [1.807, 2.05) is 13.0 Å². The van der Waals surface area contributed by atoms with E-state index in [4.69, 9.17) is 0 Å². The Kier molecular flexibility index (Phi) is 4.14. The van der Waals surface area contributed by atoms with Gasteiger partial charge in [0, 0.05) is 23.5 Å². The molecule has 1 N–H and O–H groups in total. The van der Waals surface area contributed by atoms with Gasteiger partial charge in [0.05, 0.1) is 4.88 Å². The molecule has 3 nitrogen and oxygen atoms in total. The molecule has 2 aromatic rings. The molecule has 1 aromatic heterocycles. The van der Waals surface area contributed by atoms with Crippen LogP contribution in [-0.2, 0) is 0 Å². The molecule has 2 aliphatic rings. The molecule has 2 saturated heterocycles. The second kappa shape index (κ2) is 6.30. The van der Waals surface area contributed by atoms with Crippen molar-refractivity contribution in [1.29, 1.82) is 0 Å². The number of nitrogens with one attached hydrogen (secondary N) is 1. The molecule has 4 rings (SSSR count). The first-order valence-electron chi connectivity index (χ1n) is 8.53. The molecule has 2 unspecified atom stereocenters. The number of amides is 1. The highest BCUT2D eigenvalue weighted by Gasteiger charge is 2.38. The van der Waals surface area contributed by atoms with E-state index in [1.54, 1.807) is 12.1 Å². The summed E-state index contributed by atoms with van der Waals surface area (Å²) in [6, 6.07) is 9.18. The highest BCUT2D eigenvalue weighted by atomic mass is 32.1. The number of fused-ring (bicyclic) bond motifs is 2. The molecule has 0 aliphatic carbocycles. The van der Waals surface area contributed by atoms with Crippen molar-refractivity contribution >= 4 is 17.2 Å². The highest BCUT2D eigenvalue weighted by Crippen LogP contribution is 2.36. The van der Waals surface area contributed by atoms with E-state index in [-0.39, 0.29) is 11.7 Å². The minimum atomic E-state index is -0.238. The number of hydrogen-bond donors (Lipinski definition) is 1. The molecular weight excluding hydrogens is 323 g/mol. The molecule has 0 radical (unpaired) electrons. The standard InChI is InChI=1S/C19H21FN2OS/c1-12-10-17(24-18(12)13-2-4-14(20)5-3-13)19(23)22-15-6-7-16(22)11-21-9-8-15/h2-5,10,15-16,21H,6-9,11H2,1H3. The Morgan fingerprint density at radius 2 is 1.96 bits per heavy atom. The van der Waals surface area contributed by atoms with Crippen LogP contribution in [0.25, 0.3) is 10.4 Å². The minimum Gasteiger partial charge on any atom is -0.331 e. The average molecular weight is 344 g/mol. The summed E-state index contributed by atoms with van der Waals surface area (Å²) >= 11 is 1.52. The number of nitrogens with zero attached hydrogens (tertiary/aromatic N) is 1. The lowest BCUT2D eigenvalue weighted by Crippen LogP contribution is -2.42. The number of carbonyl (C=O) groups is 1. The van der Waals surface area contributed by atoms with Crippen LogP contribution in [0.15, 0.2) is 30.3 Å². The van der Waals surface area contributed by atoms with Crippen molar-refractivity contribution in [3.8, 4) is 10.4 Å². The first-order valence-corrected chi connectivity index (χ1v) is 9.35. The first-order chi connectivity index (χ1) is 11.6. The van der Waals surface area contributed by atoms with Crippen molar-refractivity contribution in [2.75, 3.05) is 13.1 Å². The van der Waals surface area contributed by atoms with Gasteiger partial charge in [0.2, 0.25) is 0 Å². The molecule has 24 heavy (non-hydrogen) atoms. The van der Waals surface area contributed by atoms with Gasteiger partial charge >= 0.3 is 0 Å². The lowest BCUT2D eigenvalue weighted by Gasteiger charge is -2.27. The third-order valence-electron chi connectivity index (χ3n) is 5.12. The van der Waals surface area contributed by atoms with E-state index in [1.165, 1.54) is 23.5 Å².